The van der Waals surface area contributed by atoms with Crippen LogP contribution in [0, 0.1) is 5.92 Å². The van der Waals surface area contributed by atoms with Crippen molar-refractivity contribution < 1.29 is 27.8 Å². The molecule has 2 N–H and O–H groups in total. The first-order valence-corrected chi connectivity index (χ1v) is 15.7. The molecule has 0 fully saturated rings. The summed E-state index contributed by atoms with van der Waals surface area (Å²) in [5.41, 5.74) is 1.38. The minimum absolute atomic E-state index is 0.0170. The molecule has 8 nitrogen and oxygen atoms in total. The number of amides is 1. The summed E-state index contributed by atoms with van der Waals surface area (Å²) in [6, 6.07) is 20.6. The van der Waals surface area contributed by atoms with Gasteiger partial charge in [-0.25, -0.2) is 8.42 Å². The van der Waals surface area contributed by atoms with Gasteiger partial charge in [-0.15, -0.1) is 11.3 Å². The number of hydrogen-bond donors (Lipinski definition) is 2. The molecule has 1 aromatic heterocycles. The summed E-state index contributed by atoms with van der Waals surface area (Å²) in [6.07, 6.45) is -0.877. The highest BCUT2D eigenvalue weighted by Gasteiger charge is 2.32. The number of hydrogen-bond acceptors (Lipinski definition) is 7. The van der Waals surface area contributed by atoms with Crippen molar-refractivity contribution >= 4 is 37.4 Å². The molecular weight excluding hydrogens is 560 g/mol. The van der Waals surface area contributed by atoms with Crippen LogP contribution in [-0.4, -0.2) is 63.2 Å². The van der Waals surface area contributed by atoms with Crippen LogP contribution in [-0.2, 0) is 16.4 Å². The highest BCUT2D eigenvalue weighted by atomic mass is 32.2. The molecule has 1 amide bonds. The quantitative estimate of drug-likeness (QED) is 0.226. The largest absolute Gasteiger partial charge is 0.493 e. The molecule has 0 bridgehead atoms. The van der Waals surface area contributed by atoms with Gasteiger partial charge in [-0.3, -0.25) is 4.79 Å². The maximum absolute atomic E-state index is 13.8. The Morgan fingerprint density at radius 3 is 2.37 bits per heavy atom. The van der Waals surface area contributed by atoms with Crippen molar-refractivity contribution in [2.75, 3.05) is 27.3 Å². The first-order chi connectivity index (χ1) is 19.6. The van der Waals surface area contributed by atoms with E-state index in [0.717, 1.165) is 15.6 Å². The lowest BCUT2D eigenvalue weighted by molar-refractivity contribution is 0.0776. The summed E-state index contributed by atoms with van der Waals surface area (Å²) in [5, 5.41) is 17.4. The monoisotopic (exact) mass is 596 g/mol. The highest BCUT2D eigenvalue weighted by molar-refractivity contribution is 7.89. The van der Waals surface area contributed by atoms with Crippen molar-refractivity contribution in [3.63, 3.8) is 0 Å². The van der Waals surface area contributed by atoms with Crippen LogP contribution in [0.25, 0.3) is 10.1 Å². The number of aliphatic hydroxyl groups excluding tert-OH is 1. The van der Waals surface area contributed by atoms with Crippen LogP contribution in [0.15, 0.2) is 83.1 Å². The maximum atomic E-state index is 13.8. The van der Waals surface area contributed by atoms with Crippen LogP contribution in [0.5, 0.6) is 11.5 Å². The number of rotatable bonds is 13. The molecule has 2 atom stereocenters. The van der Waals surface area contributed by atoms with Gasteiger partial charge < -0.3 is 19.9 Å². The number of ether oxygens (including phenoxy) is 2. The Morgan fingerprint density at radius 2 is 1.68 bits per heavy atom. The number of benzene rings is 3. The molecule has 3 aromatic carbocycles. The van der Waals surface area contributed by atoms with Gasteiger partial charge in [0.2, 0.25) is 10.0 Å². The Morgan fingerprint density at radius 1 is 0.951 bits per heavy atom. The van der Waals surface area contributed by atoms with E-state index in [1.165, 1.54) is 30.7 Å². The van der Waals surface area contributed by atoms with Crippen molar-refractivity contribution in [1.82, 2.24) is 9.62 Å². The van der Waals surface area contributed by atoms with Crippen LogP contribution < -0.4 is 14.8 Å². The molecule has 4 rings (SSSR count). The lowest BCUT2D eigenvalue weighted by Gasteiger charge is -2.31. The smallest absolute Gasteiger partial charge is 0.251 e. The average molecular weight is 597 g/mol. The first-order valence-electron chi connectivity index (χ1n) is 13.3. The third-order valence-electron chi connectivity index (χ3n) is 6.75. The molecular formula is C31H36N2O6S2. The third-order valence-corrected chi connectivity index (χ3v) is 9.47. The number of fused-ring (bicyclic) bond motifs is 1. The second-order valence-electron chi connectivity index (χ2n) is 10.2. The zero-order valence-electron chi connectivity index (χ0n) is 23.6. The predicted octanol–water partition coefficient (Wildman–Crippen LogP) is 4.97. The van der Waals surface area contributed by atoms with E-state index in [2.05, 4.69) is 5.32 Å². The van der Waals surface area contributed by atoms with Crippen LogP contribution in [0.4, 0.5) is 0 Å². The number of nitrogens with one attached hydrogen (secondary N) is 1. The molecule has 41 heavy (non-hydrogen) atoms. The summed E-state index contributed by atoms with van der Waals surface area (Å²) in [5.74, 6) is 0.344. The molecule has 0 aliphatic heterocycles. The second-order valence-corrected chi connectivity index (χ2v) is 13.1. The van der Waals surface area contributed by atoms with E-state index in [0.29, 0.717) is 17.7 Å². The molecule has 1 heterocycles. The van der Waals surface area contributed by atoms with Crippen LogP contribution in [0.2, 0.25) is 0 Å². The van der Waals surface area contributed by atoms with Gasteiger partial charge in [-0.2, -0.15) is 4.31 Å². The van der Waals surface area contributed by atoms with Gasteiger partial charge in [0.05, 0.1) is 31.3 Å². The average Bonchev–Trinajstić information content (AvgIpc) is 3.44. The SMILES string of the molecule is COc1ccc(S(=O)(=O)N(CC(C)C)C[C@@H](O)[C@H](Cc2ccccc2)NC(=O)c2ccc3sccc3c2)cc1OC. The Labute approximate surface area is 245 Å². The number of carbonyl (C=O) groups excluding carboxylic acids is 1. The fourth-order valence-corrected chi connectivity index (χ4v) is 7.06. The minimum atomic E-state index is -4.03. The Kier molecular flexibility index (Phi) is 10.0. The second kappa shape index (κ2) is 13.5. The lowest BCUT2D eigenvalue weighted by Crippen LogP contribution is -2.51. The van der Waals surface area contributed by atoms with E-state index >= 15 is 0 Å². The zero-order valence-corrected chi connectivity index (χ0v) is 25.2. The van der Waals surface area contributed by atoms with Gasteiger partial charge in [0.25, 0.3) is 5.91 Å². The van der Waals surface area contributed by atoms with Gasteiger partial charge in [-0.05, 0) is 65.1 Å². The van der Waals surface area contributed by atoms with Crippen LogP contribution >= 0.6 is 11.3 Å². The van der Waals surface area contributed by atoms with E-state index in [4.69, 9.17) is 9.47 Å². The molecule has 0 saturated heterocycles. The number of aliphatic hydroxyl groups is 1. The van der Waals surface area contributed by atoms with Crippen molar-refractivity contribution in [1.29, 1.82) is 0 Å². The number of sulfonamides is 1. The lowest BCUT2D eigenvalue weighted by atomic mass is 10.00. The fraction of sp³-hybridized carbons (Fsp3) is 0.323. The van der Waals surface area contributed by atoms with Gasteiger partial charge in [0.15, 0.2) is 11.5 Å². The van der Waals surface area contributed by atoms with E-state index in [1.54, 1.807) is 23.5 Å². The Bertz CT molecular complexity index is 1570. The predicted molar refractivity (Wildman–Crippen MR) is 162 cm³/mol. The number of carbonyl (C=O) groups is 1. The number of thiophene rings is 1. The summed E-state index contributed by atoms with van der Waals surface area (Å²) < 4.78 is 40.6. The Balaban J connectivity index is 1.62. The molecule has 0 aliphatic carbocycles. The third kappa shape index (κ3) is 7.45. The van der Waals surface area contributed by atoms with Gasteiger partial charge >= 0.3 is 0 Å². The first kappa shape index (κ1) is 30.5. The van der Waals surface area contributed by atoms with E-state index < -0.39 is 22.2 Å². The van der Waals surface area contributed by atoms with Crippen molar-refractivity contribution in [2.24, 2.45) is 5.92 Å². The van der Waals surface area contributed by atoms with Crippen molar-refractivity contribution in [3.8, 4) is 11.5 Å². The topological polar surface area (TPSA) is 105 Å². The molecule has 10 heteroatoms. The van der Waals surface area contributed by atoms with Crippen molar-refractivity contribution in [2.45, 2.75) is 37.3 Å². The molecule has 0 unspecified atom stereocenters. The van der Waals surface area contributed by atoms with E-state index in [-0.39, 0.29) is 35.6 Å². The van der Waals surface area contributed by atoms with Gasteiger partial charge in [0, 0.05) is 29.4 Å². The maximum Gasteiger partial charge on any atom is 0.251 e. The van der Waals surface area contributed by atoms with E-state index in [1.807, 2.05) is 67.8 Å². The number of nitrogens with zero attached hydrogens (tertiary/aromatic N) is 1. The molecule has 0 radical (unpaired) electrons. The Hall–Kier alpha value is -3.44. The summed E-state index contributed by atoms with van der Waals surface area (Å²) in [7, 11) is -1.11. The standard InChI is InChI=1S/C31H36N2O6S2/c1-21(2)19-33(41(36,37)25-11-12-28(38-3)29(18-25)39-4)20-27(34)26(16-22-8-6-5-7-9-22)32-31(35)24-10-13-30-23(17-24)14-15-40-30/h5-15,17-18,21,26-27,34H,16,19-20H2,1-4H3,(H,32,35)/t26-,27+/m0/s1. The minimum Gasteiger partial charge on any atom is -0.493 e. The molecule has 4 aromatic rings. The van der Waals surface area contributed by atoms with Crippen molar-refractivity contribution in [3.05, 3.63) is 89.3 Å². The normalized spacial score (nSPS) is 13.3. The van der Waals surface area contributed by atoms with Gasteiger partial charge in [0.1, 0.15) is 0 Å². The highest BCUT2D eigenvalue weighted by Crippen LogP contribution is 2.31. The van der Waals surface area contributed by atoms with E-state index in [9.17, 15) is 18.3 Å². The fourth-order valence-electron chi connectivity index (χ4n) is 4.65. The summed E-state index contributed by atoms with van der Waals surface area (Å²) >= 11 is 1.60. The number of methoxy groups -OCH3 is 2. The molecule has 218 valence electrons. The molecule has 0 aliphatic rings. The molecule has 0 saturated carbocycles. The summed E-state index contributed by atoms with van der Waals surface area (Å²) in [4.78, 5) is 13.4. The summed E-state index contributed by atoms with van der Waals surface area (Å²) in [6.45, 7) is 3.78. The molecule has 0 spiro atoms. The van der Waals surface area contributed by atoms with Crippen LogP contribution in [0.3, 0.4) is 0 Å². The van der Waals surface area contributed by atoms with Crippen LogP contribution in [0.1, 0.15) is 29.8 Å². The van der Waals surface area contributed by atoms with Gasteiger partial charge in [-0.1, -0.05) is 44.2 Å². The zero-order chi connectivity index (χ0) is 29.6.